The number of nitrogens with zero attached hydrogens (tertiary/aromatic N) is 3. The van der Waals surface area contributed by atoms with Crippen LogP contribution in [0.5, 0.6) is 5.88 Å². The predicted octanol–water partition coefficient (Wildman–Crippen LogP) is 4.41. The molecule has 1 unspecified atom stereocenters. The van der Waals surface area contributed by atoms with Gasteiger partial charge in [0.25, 0.3) is 0 Å². The summed E-state index contributed by atoms with van der Waals surface area (Å²) in [4.78, 5) is 23.3. The molecule has 29 heavy (non-hydrogen) atoms. The van der Waals surface area contributed by atoms with Crippen molar-refractivity contribution in [1.29, 1.82) is 0 Å². The molecule has 1 saturated carbocycles. The molecular weight excluding hydrogens is 364 g/mol. The smallest absolute Gasteiger partial charge is 0.323 e. The van der Waals surface area contributed by atoms with Crippen LogP contribution in [0.25, 0.3) is 0 Å². The van der Waals surface area contributed by atoms with Gasteiger partial charge in [-0.3, -0.25) is 4.90 Å². The lowest BCUT2D eigenvalue weighted by Gasteiger charge is -2.27. The summed E-state index contributed by atoms with van der Waals surface area (Å²) in [6, 6.07) is 10.1. The molecule has 4 rings (SSSR count). The van der Waals surface area contributed by atoms with Crippen LogP contribution in [0.15, 0.2) is 30.3 Å². The number of hydrogen-bond acceptors (Lipinski definition) is 4. The van der Waals surface area contributed by atoms with E-state index in [0.29, 0.717) is 30.9 Å². The van der Waals surface area contributed by atoms with Gasteiger partial charge in [-0.05, 0) is 49.8 Å². The van der Waals surface area contributed by atoms with Crippen LogP contribution in [0.3, 0.4) is 0 Å². The Balaban J connectivity index is 1.54. The lowest BCUT2D eigenvalue weighted by molar-refractivity contribution is 0.113. The molecule has 2 aromatic rings. The fourth-order valence-electron chi connectivity index (χ4n) is 3.70. The Hall–Kier alpha value is -2.63. The molecule has 3 heterocycles. The van der Waals surface area contributed by atoms with E-state index < -0.39 is 0 Å². The van der Waals surface area contributed by atoms with Crippen molar-refractivity contribution in [3.63, 3.8) is 0 Å². The minimum Gasteiger partial charge on any atom is -0.474 e. The number of carbonyl (C=O) groups is 1. The molecule has 154 valence electrons. The first kappa shape index (κ1) is 19.7. The van der Waals surface area contributed by atoms with E-state index in [9.17, 15) is 4.79 Å². The Morgan fingerprint density at radius 2 is 1.97 bits per heavy atom. The zero-order valence-electron chi connectivity index (χ0n) is 17.5. The van der Waals surface area contributed by atoms with E-state index in [4.69, 9.17) is 14.7 Å². The highest BCUT2D eigenvalue weighted by molar-refractivity contribution is 5.93. The summed E-state index contributed by atoms with van der Waals surface area (Å²) in [5.41, 5.74) is 3.17. The number of urea groups is 1. The number of hydrogen-bond donors (Lipinski definition) is 1. The van der Waals surface area contributed by atoms with Gasteiger partial charge < -0.3 is 10.1 Å². The largest absolute Gasteiger partial charge is 0.474 e. The van der Waals surface area contributed by atoms with Gasteiger partial charge in [-0.1, -0.05) is 32.9 Å². The fraction of sp³-hybridized carbons (Fsp3) is 0.522. The average Bonchev–Trinajstić information content (AvgIpc) is 3.11. The third kappa shape index (κ3) is 4.36. The fourth-order valence-corrected chi connectivity index (χ4v) is 3.70. The molecule has 1 N–H and O–H groups in total. The molecule has 2 aromatic heterocycles. The molecule has 2 aliphatic rings. The van der Waals surface area contributed by atoms with Crippen molar-refractivity contribution >= 4 is 11.8 Å². The first-order valence-corrected chi connectivity index (χ1v) is 10.7. The highest BCUT2D eigenvalue weighted by atomic mass is 16.5. The summed E-state index contributed by atoms with van der Waals surface area (Å²) < 4.78 is 6.24. The molecular formula is C23H30N4O2. The Morgan fingerprint density at radius 3 is 2.62 bits per heavy atom. The molecule has 1 saturated heterocycles. The average molecular weight is 395 g/mol. The molecule has 0 spiro atoms. The molecule has 2 amide bonds. The maximum atomic E-state index is 12.0. The van der Waals surface area contributed by atoms with Crippen molar-refractivity contribution in [3.05, 3.63) is 47.3 Å². The number of nitrogens with one attached hydrogen (secondary N) is 1. The summed E-state index contributed by atoms with van der Waals surface area (Å²) in [7, 11) is 0. The van der Waals surface area contributed by atoms with Gasteiger partial charge in [0.1, 0.15) is 11.9 Å². The summed E-state index contributed by atoms with van der Waals surface area (Å²) in [6.07, 6.45) is 4.57. The van der Waals surface area contributed by atoms with Crippen LogP contribution in [0, 0.1) is 0 Å². The van der Waals surface area contributed by atoms with Crippen molar-refractivity contribution in [2.45, 2.75) is 64.4 Å². The zero-order valence-corrected chi connectivity index (χ0v) is 17.5. The van der Waals surface area contributed by atoms with Crippen molar-refractivity contribution < 1.29 is 9.53 Å². The third-order valence-corrected chi connectivity index (χ3v) is 5.80. The first-order chi connectivity index (χ1) is 14.0. The van der Waals surface area contributed by atoms with E-state index in [1.165, 1.54) is 6.42 Å². The lowest BCUT2D eigenvalue weighted by atomic mass is 9.95. The van der Waals surface area contributed by atoms with Gasteiger partial charge in [-0.25, -0.2) is 14.8 Å². The van der Waals surface area contributed by atoms with Gasteiger partial charge >= 0.3 is 6.03 Å². The summed E-state index contributed by atoms with van der Waals surface area (Å²) in [5.74, 6) is 2.05. The van der Waals surface area contributed by atoms with Crippen molar-refractivity contribution in [3.8, 4) is 5.88 Å². The van der Waals surface area contributed by atoms with Crippen LogP contribution >= 0.6 is 0 Å². The van der Waals surface area contributed by atoms with Gasteiger partial charge in [0.15, 0.2) is 0 Å². The van der Waals surface area contributed by atoms with Gasteiger partial charge in [-0.2, -0.15) is 0 Å². The van der Waals surface area contributed by atoms with Crippen LogP contribution in [-0.4, -0.2) is 35.2 Å². The van der Waals surface area contributed by atoms with Crippen molar-refractivity contribution in [1.82, 2.24) is 15.3 Å². The second-order valence-corrected chi connectivity index (χ2v) is 8.44. The van der Waals surface area contributed by atoms with E-state index in [1.54, 1.807) is 4.90 Å². The number of ether oxygens (including phenoxy) is 1. The van der Waals surface area contributed by atoms with Crippen molar-refractivity contribution in [2.75, 3.05) is 18.0 Å². The zero-order chi connectivity index (χ0) is 20.4. The molecule has 6 nitrogen and oxygen atoms in total. The lowest BCUT2D eigenvalue weighted by Crippen LogP contribution is -2.28. The number of pyridine rings is 2. The standard InChI is InChI=1S/C23H30N4O2/c1-15(2)19-11-10-17(22(26-19)29-18-6-4-7-18)14-16(3)20-8-5-9-21(25-20)27-13-12-24-23(27)28/h5,8-11,15-16,18H,4,6-7,12-14H2,1-3H3,(H,24,28). The normalized spacial score (nSPS) is 17.9. The quantitative estimate of drug-likeness (QED) is 0.755. The summed E-state index contributed by atoms with van der Waals surface area (Å²) in [6.45, 7) is 7.79. The van der Waals surface area contributed by atoms with E-state index in [2.05, 4.69) is 38.2 Å². The number of aromatic nitrogens is 2. The Bertz CT molecular complexity index is 879. The molecule has 2 fully saturated rings. The Kier molecular flexibility index (Phi) is 5.69. The van der Waals surface area contributed by atoms with Crippen LogP contribution in [0.1, 0.15) is 68.8 Å². The minimum absolute atomic E-state index is 0.0769. The van der Waals surface area contributed by atoms with E-state index in [-0.39, 0.29) is 11.9 Å². The third-order valence-electron chi connectivity index (χ3n) is 5.80. The van der Waals surface area contributed by atoms with Crippen molar-refractivity contribution in [2.24, 2.45) is 0 Å². The molecule has 0 bridgehead atoms. The topological polar surface area (TPSA) is 67.4 Å². The number of amides is 2. The van der Waals surface area contributed by atoms with Gasteiger partial charge in [0.2, 0.25) is 5.88 Å². The molecule has 1 atom stereocenters. The second kappa shape index (κ2) is 8.39. The van der Waals surface area contributed by atoms with Gasteiger partial charge in [0.05, 0.1) is 0 Å². The summed E-state index contributed by atoms with van der Waals surface area (Å²) >= 11 is 0. The number of carbonyl (C=O) groups excluding carboxylic acids is 1. The van der Waals surface area contributed by atoms with E-state index in [0.717, 1.165) is 42.1 Å². The Labute approximate surface area is 172 Å². The van der Waals surface area contributed by atoms with Gasteiger partial charge in [-0.15, -0.1) is 0 Å². The first-order valence-electron chi connectivity index (χ1n) is 10.7. The number of rotatable bonds is 7. The predicted molar refractivity (Wildman–Crippen MR) is 114 cm³/mol. The van der Waals surface area contributed by atoms with E-state index >= 15 is 0 Å². The minimum atomic E-state index is -0.0769. The molecule has 1 aliphatic carbocycles. The maximum Gasteiger partial charge on any atom is 0.323 e. The monoisotopic (exact) mass is 394 g/mol. The van der Waals surface area contributed by atoms with Crippen LogP contribution < -0.4 is 15.0 Å². The van der Waals surface area contributed by atoms with Crippen LogP contribution in [-0.2, 0) is 6.42 Å². The Morgan fingerprint density at radius 1 is 1.14 bits per heavy atom. The maximum absolute atomic E-state index is 12.0. The molecule has 1 aliphatic heterocycles. The number of anilines is 1. The molecule has 0 aromatic carbocycles. The van der Waals surface area contributed by atoms with E-state index in [1.807, 2.05) is 18.2 Å². The second-order valence-electron chi connectivity index (χ2n) is 8.44. The highest BCUT2D eigenvalue weighted by Gasteiger charge is 2.24. The van der Waals surface area contributed by atoms with Gasteiger partial charge in [0, 0.05) is 36.0 Å². The SMILES string of the molecule is CC(C)c1ccc(CC(C)c2cccc(N3CCNC3=O)n2)c(OC2CCC2)n1. The highest BCUT2D eigenvalue weighted by Crippen LogP contribution is 2.31. The molecule has 6 heteroatoms. The van der Waals surface area contributed by atoms with Crippen LogP contribution in [0.2, 0.25) is 0 Å². The van der Waals surface area contributed by atoms with Crippen LogP contribution in [0.4, 0.5) is 10.6 Å². The summed E-state index contributed by atoms with van der Waals surface area (Å²) in [5, 5.41) is 2.83. The molecule has 0 radical (unpaired) electrons.